The fourth-order valence-electron chi connectivity index (χ4n) is 4.63. The van der Waals surface area contributed by atoms with E-state index in [1.54, 1.807) is 17.1 Å². The number of quaternary nitrogens is 1. The molecule has 1 aliphatic heterocycles. The molecule has 1 aliphatic rings. The molecular formula is C33H33N4O2+. The lowest BCUT2D eigenvalue weighted by atomic mass is 10.0. The fraction of sp³-hybridized carbons (Fsp3) is 0.152. The van der Waals surface area contributed by atoms with Crippen LogP contribution in [0.3, 0.4) is 0 Å². The molecule has 0 radical (unpaired) electrons. The molecular weight excluding hydrogens is 484 g/mol. The molecule has 0 atom stereocenters. The number of nitrogens with zero attached hydrogens (tertiary/aromatic N) is 3. The van der Waals surface area contributed by atoms with Crippen LogP contribution in [0, 0.1) is 0 Å². The summed E-state index contributed by atoms with van der Waals surface area (Å²) in [5, 5.41) is 16.1. The molecule has 4 N–H and O–H groups in total. The van der Waals surface area contributed by atoms with Crippen LogP contribution in [0.4, 0.5) is 10.5 Å². The number of fused-ring (bicyclic) bond motifs is 1. The summed E-state index contributed by atoms with van der Waals surface area (Å²) in [6.07, 6.45) is 5.63. The third-order valence-corrected chi connectivity index (χ3v) is 6.75. The second kappa shape index (κ2) is 12.2. The van der Waals surface area contributed by atoms with Crippen LogP contribution in [0.15, 0.2) is 114 Å². The number of urea groups is 1. The van der Waals surface area contributed by atoms with Crippen molar-refractivity contribution in [1.82, 2.24) is 5.01 Å². The Balaban J connectivity index is 1.48. The van der Waals surface area contributed by atoms with Gasteiger partial charge in [-0.05, 0) is 59.4 Å². The molecule has 4 aromatic rings. The van der Waals surface area contributed by atoms with Crippen molar-refractivity contribution in [3.8, 4) is 16.9 Å². The number of phenols is 1. The number of carbonyl (C=O) groups is 1. The highest BCUT2D eigenvalue weighted by Crippen LogP contribution is 2.29. The minimum Gasteiger partial charge on any atom is -0.508 e. The van der Waals surface area contributed by atoms with E-state index in [1.807, 2.05) is 71.6 Å². The molecule has 5 rings (SSSR count). The number of hydrogen-bond donors (Lipinski definition) is 2. The number of para-hydroxylation sites is 1. The molecule has 0 spiro atoms. The van der Waals surface area contributed by atoms with Crippen LogP contribution in [0.5, 0.6) is 5.75 Å². The number of hydrazone groups is 1. The highest BCUT2D eigenvalue weighted by Gasteiger charge is 2.29. The van der Waals surface area contributed by atoms with E-state index in [9.17, 15) is 9.90 Å². The van der Waals surface area contributed by atoms with Gasteiger partial charge < -0.3 is 10.8 Å². The zero-order valence-corrected chi connectivity index (χ0v) is 21.9. The van der Waals surface area contributed by atoms with E-state index in [4.69, 9.17) is 5.10 Å². The molecule has 2 amide bonds. The van der Waals surface area contributed by atoms with E-state index >= 15 is 0 Å². The van der Waals surface area contributed by atoms with Gasteiger partial charge in [-0.15, -0.1) is 0 Å². The highest BCUT2D eigenvalue weighted by atomic mass is 16.3. The monoisotopic (exact) mass is 517 g/mol. The number of anilines is 1. The van der Waals surface area contributed by atoms with Gasteiger partial charge in [0, 0.05) is 12.1 Å². The molecule has 39 heavy (non-hydrogen) atoms. The van der Waals surface area contributed by atoms with Gasteiger partial charge in [-0.25, -0.2) is 9.80 Å². The Morgan fingerprint density at radius 1 is 0.769 bits per heavy atom. The smallest absolute Gasteiger partial charge is 0.345 e. The van der Waals surface area contributed by atoms with Crippen LogP contribution in [0.1, 0.15) is 29.5 Å². The summed E-state index contributed by atoms with van der Waals surface area (Å²) in [5.74, 6) is 0.221. The topological polar surface area (TPSA) is 83.8 Å². The Labute approximate surface area is 229 Å². The minimum absolute atomic E-state index is 0.147. The molecule has 0 fully saturated rings. The zero-order chi connectivity index (χ0) is 27.0. The Bertz CT molecular complexity index is 1460. The molecule has 6 heteroatoms. The molecule has 0 bridgehead atoms. The van der Waals surface area contributed by atoms with Gasteiger partial charge in [0.05, 0.1) is 24.5 Å². The molecule has 0 unspecified atom stereocenters. The van der Waals surface area contributed by atoms with Crippen LogP contribution >= 0.6 is 0 Å². The van der Waals surface area contributed by atoms with Gasteiger partial charge in [0.2, 0.25) is 0 Å². The third-order valence-electron chi connectivity index (χ3n) is 6.75. The van der Waals surface area contributed by atoms with Crippen LogP contribution in [0.2, 0.25) is 0 Å². The second-order valence-electron chi connectivity index (χ2n) is 9.54. The van der Waals surface area contributed by atoms with E-state index in [0.29, 0.717) is 18.8 Å². The first kappa shape index (κ1) is 25.9. The van der Waals surface area contributed by atoms with Crippen molar-refractivity contribution in [2.45, 2.75) is 19.4 Å². The van der Waals surface area contributed by atoms with E-state index in [-0.39, 0.29) is 11.8 Å². The van der Waals surface area contributed by atoms with Crippen molar-refractivity contribution in [3.05, 3.63) is 126 Å². The van der Waals surface area contributed by atoms with Gasteiger partial charge >= 0.3 is 6.03 Å². The summed E-state index contributed by atoms with van der Waals surface area (Å²) in [4.78, 5) is 15.8. The molecule has 4 aromatic carbocycles. The van der Waals surface area contributed by atoms with Crippen molar-refractivity contribution < 1.29 is 15.6 Å². The summed E-state index contributed by atoms with van der Waals surface area (Å²) in [6, 6.07) is 33.4. The number of allylic oxidation sites excluding steroid dienone is 1. The number of benzene rings is 4. The van der Waals surface area contributed by atoms with Crippen molar-refractivity contribution in [1.29, 1.82) is 0 Å². The van der Waals surface area contributed by atoms with Gasteiger partial charge in [-0.3, -0.25) is 4.90 Å². The summed E-state index contributed by atoms with van der Waals surface area (Å²) < 4.78 is 0. The number of rotatable bonds is 9. The molecule has 6 nitrogen and oxygen atoms in total. The zero-order valence-electron chi connectivity index (χ0n) is 21.9. The molecule has 0 aliphatic carbocycles. The predicted octanol–water partition coefficient (Wildman–Crippen LogP) is 5.94. The Kier molecular flexibility index (Phi) is 8.15. The molecule has 0 aromatic heterocycles. The normalized spacial score (nSPS) is 13.4. The van der Waals surface area contributed by atoms with Crippen LogP contribution in [-0.2, 0) is 6.54 Å². The SMILES string of the molecule is [NH3+]CCCCN1N=C(/C=C/c2ccc(O)cc2)c2ccccc2N(Cc2ccc(-c3ccccc3)cc2)C1=O. The van der Waals surface area contributed by atoms with Crippen LogP contribution in [0.25, 0.3) is 17.2 Å². The number of hydrogen-bond acceptors (Lipinski definition) is 3. The first-order valence-electron chi connectivity index (χ1n) is 13.3. The fourth-order valence-corrected chi connectivity index (χ4v) is 4.63. The summed E-state index contributed by atoms with van der Waals surface area (Å²) >= 11 is 0. The molecule has 1 heterocycles. The first-order valence-corrected chi connectivity index (χ1v) is 13.3. The highest BCUT2D eigenvalue weighted by molar-refractivity contribution is 6.17. The maximum absolute atomic E-state index is 13.9. The average Bonchev–Trinajstić information content (AvgIpc) is 3.08. The maximum Gasteiger partial charge on any atom is 0.345 e. The van der Waals surface area contributed by atoms with Gasteiger partial charge in [0.1, 0.15) is 5.75 Å². The number of amides is 2. The number of unbranched alkanes of at least 4 members (excludes halogenated alkanes) is 1. The number of phenolic OH excluding ortho intramolecular Hbond substituents is 1. The predicted molar refractivity (Wildman–Crippen MR) is 157 cm³/mol. The number of carbonyl (C=O) groups excluding carboxylic acids is 1. The van der Waals surface area contributed by atoms with E-state index in [2.05, 4.69) is 42.1 Å². The Morgan fingerprint density at radius 2 is 1.46 bits per heavy atom. The standard InChI is InChI=1S/C33H32N4O2/c34-22-6-7-23-37-33(39)36(24-26-12-17-28(18-13-26)27-8-2-1-3-9-27)32-11-5-4-10-30(32)31(35-37)21-16-25-14-19-29(38)20-15-25/h1-5,8-21,38H,6-7,22-24,34H2/p+1/b21-16+. The third kappa shape index (κ3) is 6.25. The molecule has 0 saturated heterocycles. The Morgan fingerprint density at radius 3 is 2.21 bits per heavy atom. The van der Waals surface area contributed by atoms with Crippen molar-refractivity contribution in [2.24, 2.45) is 5.10 Å². The van der Waals surface area contributed by atoms with Gasteiger partial charge in [0.25, 0.3) is 0 Å². The first-order chi connectivity index (χ1) is 19.1. The Hall–Kier alpha value is -4.68. The minimum atomic E-state index is -0.147. The van der Waals surface area contributed by atoms with Crippen molar-refractivity contribution >= 4 is 23.5 Å². The second-order valence-corrected chi connectivity index (χ2v) is 9.54. The summed E-state index contributed by atoms with van der Waals surface area (Å²) in [5.41, 5.74) is 10.6. The summed E-state index contributed by atoms with van der Waals surface area (Å²) in [6.45, 7) is 1.76. The lowest BCUT2D eigenvalue weighted by molar-refractivity contribution is -0.368. The summed E-state index contributed by atoms with van der Waals surface area (Å²) in [7, 11) is 0. The largest absolute Gasteiger partial charge is 0.508 e. The van der Waals surface area contributed by atoms with Crippen LogP contribution in [-0.4, -0.2) is 34.9 Å². The van der Waals surface area contributed by atoms with E-state index in [1.165, 1.54) is 0 Å². The number of aromatic hydroxyl groups is 1. The molecule has 0 saturated carbocycles. The van der Waals surface area contributed by atoms with Gasteiger partial charge in [0.15, 0.2) is 0 Å². The van der Waals surface area contributed by atoms with Crippen molar-refractivity contribution in [3.63, 3.8) is 0 Å². The maximum atomic E-state index is 13.9. The van der Waals surface area contributed by atoms with E-state index < -0.39 is 0 Å². The quantitative estimate of drug-likeness (QED) is 0.269. The van der Waals surface area contributed by atoms with Gasteiger partial charge in [-0.2, -0.15) is 5.10 Å². The van der Waals surface area contributed by atoms with E-state index in [0.717, 1.165) is 52.9 Å². The lowest BCUT2D eigenvalue weighted by Crippen LogP contribution is -2.50. The average molecular weight is 518 g/mol. The molecule has 196 valence electrons. The van der Waals surface area contributed by atoms with Gasteiger partial charge in [-0.1, -0.05) is 91.0 Å². The van der Waals surface area contributed by atoms with Crippen LogP contribution < -0.4 is 10.6 Å². The lowest BCUT2D eigenvalue weighted by Gasteiger charge is -2.26. The van der Waals surface area contributed by atoms with Crippen molar-refractivity contribution in [2.75, 3.05) is 18.0 Å².